The maximum Gasteiger partial charge on any atom is 0.254 e. The van der Waals surface area contributed by atoms with Crippen LogP contribution in [0.25, 0.3) is 0 Å². The van der Waals surface area contributed by atoms with Crippen molar-refractivity contribution in [3.63, 3.8) is 0 Å². The van der Waals surface area contributed by atoms with Gasteiger partial charge in [-0.25, -0.2) is 4.98 Å². The average molecular weight is 345 g/mol. The van der Waals surface area contributed by atoms with Crippen LogP contribution in [0.1, 0.15) is 34.4 Å². The van der Waals surface area contributed by atoms with Crippen molar-refractivity contribution < 1.29 is 9.53 Å². The first kappa shape index (κ1) is 16.9. The van der Waals surface area contributed by atoms with E-state index in [2.05, 4.69) is 11.9 Å². The first-order valence-electron chi connectivity index (χ1n) is 8.21. The van der Waals surface area contributed by atoms with E-state index in [-0.39, 0.29) is 11.9 Å². The third-order valence-electron chi connectivity index (χ3n) is 4.39. The molecule has 2 N–H and O–H groups in total. The van der Waals surface area contributed by atoms with E-state index in [1.165, 1.54) is 0 Å². The average Bonchev–Trinajstić information content (AvgIpc) is 3.18. The molecule has 2 unspecified atom stereocenters. The van der Waals surface area contributed by atoms with Crippen LogP contribution in [0.5, 0.6) is 5.75 Å². The second kappa shape index (κ2) is 7.32. The highest BCUT2D eigenvalue weighted by Crippen LogP contribution is 2.25. The third kappa shape index (κ3) is 3.76. The molecule has 2 aromatic rings. The van der Waals surface area contributed by atoms with Gasteiger partial charge < -0.3 is 15.4 Å². The largest absolute Gasteiger partial charge is 0.487 e. The Kier molecular flexibility index (Phi) is 5.16. The lowest BCUT2D eigenvalue weighted by Gasteiger charge is -2.21. The van der Waals surface area contributed by atoms with Gasteiger partial charge in [0, 0.05) is 23.5 Å². The summed E-state index contributed by atoms with van der Waals surface area (Å²) in [6, 6.07) is 7.60. The minimum Gasteiger partial charge on any atom is -0.487 e. The Bertz CT molecular complexity index is 716. The van der Waals surface area contributed by atoms with Gasteiger partial charge in [-0.05, 0) is 50.9 Å². The van der Waals surface area contributed by atoms with Crippen molar-refractivity contribution in [2.45, 2.75) is 32.9 Å². The van der Waals surface area contributed by atoms with E-state index in [1.807, 2.05) is 41.5 Å². The minimum atomic E-state index is 0.0494. The van der Waals surface area contributed by atoms with Gasteiger partial charge in [0.2, 0.25) is 0 Å². The quantitative estimate of drug-likeness (QED) is 0.905. The highest BCUT2D eigenvalue weighted by molar-refractivity contribution is 7.09. The Hall–Kier alpha value is -1.92. The summed E-state index contributed by atoms with van der Waals surface area (Å²) in [5.74, 6) is 1.14. The fourth-order valence-electron chi connectivity index (χ4n) is 3.11. The van der Waals surface area contributed by atoms with E-state index in [9.17, 15) is 4.79 Å². The van der Waals surface area contributed by atoms with Gasteiger partial charge in [0.15, 0.2) is 0 Å². The van der Waals surface area contributed by atoms with Crippen molar-refractivity contribution in [3.05, 3.63) is 45.9 Å². The van der Waals surface area contributed by atoms with Crippen molar-refractivity contribution in [2.24, 2.45) is 11.7 Å². The summed E-state index contributed by atoms with van der Waals surface area (Å²) in [6.45, 7) is 5.83. The molecule has 1 aromatic carbocycles. The van der Waals surface area contributed by atoms with Crippen LogP contribution in [0, 0.1) is 12.8 Å². The zero-order chi connectivity index (χ0) is 17.1. The number of rotatable bonds is 5. The summed E-state index contributed by atoms with van der Waals surface area (Å²) in [5.41, 5.74) is 7.32. The fraction of sp³-hybridized carbons (Fsp3) is 0.444. The van der Waals surface area contributed by atoms with Crippen LogP contribution in [-0.2, 0) is 6.61 Å². The molecule has 0 saturated carbocycles. The Morgan fingerprint density at radius 1 is 1.50 bits per heavy atom. The van der Waals surface area contributed by atoms with Crippen LogP contribution in [-0.4, -0.2) is 34.9 Å². The molecule has 3 rings (SSSR count). The number of carbonyl (C=O) groups is 1. The van der Waals surface area contributed by atoms with Gasteiger partial charge in [0.25, 0.3) is 5.91 Å². The summed E-state index contributed by atoms with van der Waals surface area (Å²) in [7, 11) is 0. The fourth-order valence-corrected chi connectivity index (χ4v) is 3.71. The second-order valence-electron chi connectivity index (χ2n) is 6.32. The molecule has 2 heterocycles. The van der Waals surface area contributed by atoms with Gasteiger partial charge >= 0.3 is 0 Å². The Morgan fingerprint density at radius 2 is 2.33 bits per heavy atom. The topological polar surface area (TPSA) is 68.5 Å². The Balaban J connectivity index is 1.67. The minimum absolute atomic E-state index is 0.0494. The molecule has 1 aliphatic rings. The van der Waals surface area contributed by atoms with Crippen LogP contribution < -0.4 is 10.5 Å². The van der Waals surface area contributed by atoms with Crippen LogP contribution in [0.3, 0.4) is 0 Å². The molecule has 128 valence electrons. The Labute approximate surface area is 146 Å². The standard InChI is InChI=1S/C18H23N3O2S/c1-12-6-14(8-19)9-21(12)18(22)15-4-3-5-17(7-15)23-10-16-11-24-13(2)20-16/h3-5,7,11-12,14H,6,8-10,19H2,1-2H3. The molecule has 0 aliphatic carbocycles. The van der Waals surface area contributed by atoms with E-state index < -0.39 is 0 Å². The lowest BCUT2D eigenvalue weighted by molar-refractivity contribution is 0.0743. The van der Waals surface area contributed by atoms with Gasteiger partial charge in [-0.15, -0.1) is 11.3 Å². The number of nitrogens with two attached hydrogens (primary N) is 1. The highest BCUT2D eigenvalue weighted by Gasteiger charge is 2.32. The summed E-state index contributed by atoms with van der Waals surface area (Å²) in [5, 5.41) is 3.01. The third-order valence-corrected chi connectivity index (χ3v) is 5.21. The van der Waals surface area contributed by atoms with Gasteiger partial charge in [-0.2, -0.15) is 0 Å². The number of benzene rings is 1. The number of nitrogens with zero attached hydrogens (tertiary/aromatic N) is 2. The first-order chi connectivity index (χ1) is 11.6. The number of likely N-dealkylation sites (tertiary alicyclic amines) is 1. The number of amides is 1. The summed E-state index contributed by atoms with van der Waals surface area (Å²) in [4.78, 5) is 19.1. The number of aryl methyl sites for hydroxylation is 1. The van der Waals surface area contributed by atoms with Crippen molar-refractivity contribution in [1.82, 2.24) is 9.88 Å². The normalized spacial score (nSPS) is 20.4. The number of ether oxygens (including phenoxy) is 1. The van der Waals surface area contributed by atoms with Crippen LogP contribution in [0.2, 0.25) is 0 Å². The predicted octanol–water partition coefficient (Wildman–Crippen LogP) is 2.84. The molecule has 6 heteroatoms. The van der Waals surface area contributed by atoms with Gasteiger partial charge in [0.05, 0.1) is 10.7 Å². The smallest absolute Gasteiger partial charge is 0.254 e. The van der Waals surface area contributed by atoms with E-state index in [4.69, 9.17) is 10.5 Å². The molecule has 5 nitrogen and oxygen atoms in total. The van der Waals surface area contributed by atoms with Crippen molar-refractivity contribution in [3.8, 4) is 5.75 Å². The van der Waals surface area contributed by atoms with Gasteiger partial charge in [0.1, 0.15) is 12.4 Å². The molecular formula is C18H23N3O2S. The van der Waals surface area contributed by atoms with E-state index in [1.54, 1.807) is 11.3 Å². The number of hydrogen-bond acceptors (Lipinski definition) is 5. The number of hydrogen-bond donors (Lipinski definition) is 1. The molecule has 24 heavy (non-hydrogen) atoms. The molecule has 1 amide bonds. The predicted molar refractivity (Wildman–Crippen MR) is 95.3 cm³/mol. The molecule has 2 atom stereocenters. The number of aromatic nitrogens is 1. The lowest BCUT2D eigenvalue weighted by atomic mass is 10.1. The molecule has 0 radical (unpaired) electrons. The second-order valence-corrected chi connectivity index (χ2v) is 7.38. The van der Waals surface area contributed by atoms with E-state index in [0.717, 1.165) is 23.7 Å². The maximum atomic E-state index is 12.8. The first-order valence-corrected chi connectivity index (χ1v) is 9.09. The molecule has 0 bridgehead atoms. The van der Waals surface area contributed by atoms with E-state index in [0.29, 0.717) is 30.4 Å². The van der Waals surface area contributed by atoms with Crippen LogP contribution in [0.4, 0.5) is 0 Å². The SMILES string of the molecule is Cc1nc(COc2cccc(C(=O)N3CC(CN)CC3C)c2)cs1. The van der Waals surface area contributed by atoms with Crippen molar-refractivity contribution in [2.75, 3.05) is 13.1 Å². The summed E-state index contributed by atoms with van der Waals surface area (Å²) >= 11 is 1.60. The van der Waals surface area contributed by atoms with Crippen LogP contribution in [0.15, 0.2) is 29.6 Å². The van der Waals surface area contributed by atoms with Crippen molar-refractivity contribution >= 4 is 17.2 Å². The highest BCUT2D eigenvalue weighted by atomic mass is 32.1. The zero-order valence-electron chi connectivity index (χ0n) is 14.1. The molecule has 1 fully saturated rings. The van der Waals surface area contributed by atoms with Crippen LogP contribution >= 0.6 is 11.3 Å². The monoisotopic (exact) mass is 345 g/mol. The summed E-state index contributed by atoms with van der Waals surface area (Å²) in [6.07, 6.45) is 0.974. The maximum absolute atomic E-state index is 12.8. The molecule has 1 aromatic heterocycles. The van der Waals surface area contributed by atoms with E-state index >= 15 is 0 Å². The summed E-state index contributed by atoms with van der Waals surface area (Å²) < 4.78 is 5.78. The number of thiazole rings is 1. The zero-order valence-corrected chi connectivity index (χ0v) is 14.9. The lowest BCUT2D eigenvalue weighted by Crippen LogP contribution is -2.34. The molecule has 1 saturated heterocycles. The van der Waals surface area contributed by atoms with Gasteiger partial charge in [-0.1, -0.05) is 6.07 Å². The number of carbonyl (C=O) groups excluding carboxylic acids is 1. The molecular weight excluding hydrogens is 322 g/mol. The molecule has 1 aliphatic heterocycles. The molecule has 0 spiro atoms. The van der Waals surface area contributed by atoms with Gasteiger partial charge in [-0.3, -0.25) is 4.79 Å². The van der Waals surface area contributed by atoms with Crippen molar-refractivity contribution in [1.29, 1.82) is 0 Å². The Morgan fingerprint density at radius 3 is 3.00 bits per heavy atom.